The van der Waals surface area contributed by atoms with E-state index in [-0.39, 0.29) is 17.3 Å². The molecule has 0 atom stereocenters. The first-order chi connectivity index (χ1) is 8.61. The van der Waals surface area contributed by atoms with E-state index in [4.69, 9.17) is 5.84 Å². The lowest BCUT2D eigenvalue weighted by Gasteiger charge is -2.08. The Labute approximate surface area is 99.8 Å². The van der Waals surface area contributed by atoms with Gasteiger partial charge in [0.15, 0.2) is 17.5 Å². The summed E-state index contributed by atoms with van der Waals surface area (Å²) in [7, 11) is 0. The first-order valence-corrected chi connectivity index (χ1v) is 4.81. The van der Waals surface area contributed by atoms with Crippen molar-refractivity contribution in [2.45, 2.75) is 0 Å². The van der Waals surface area contributed by atoms with Crippen LogP contribution in [0.3, 0.4) is 0 Å². The maximum Gasteiger partial charge on any atom is 0.196 e. The molecule has 0 aliphatic rings. The third-order valence-electron chi connectivity index (χ3n) is 2.11. The molecule has 1 heterocycles. The van der Waals surface area contributed by atoms with Crippen molar-refractivity contribution in [3.05, 3.63) is 42.0 Å². The van der Waals surface area contributed by atoms with E-state index in [2.05, 4.69) is 20.7 Å². The smallest absolute Gasteiger partial charge is 0.196 e. The second-order valence-corrected chi connectivity index (χ2v) is 3.28. The number of nitrogens with zero attached hydrogens (tertiary/aromatic N) is 2. The van der Waals surface area contributed by atoms with Gasteiger partial charge in [-0.15, -0.1) is 0 Å². The average Bonchev–Trinajstić information content (AvgIpc) is 2.40. The lowest BCUT2D eigenvalue weighted by Crippen LogP contribution is -2.09. The fraction of sp³-hybridized carbons (Fsp3) is 0. The Morgan fingerprint density at radius 1 is 1.00 bits per heavy atom. The van der Waals surface area contributed by atoms with Crippen LogP contribution in [0.2, 0.25) is 0 Å². The fourth-order valence-electron chi connectivity index (χ4n) is 1.27. The Balaban J connectivity index is 2.31. The summed E-state index contributed by atoms with van der Waals surface area (Å²) in [4.78, 5) is 7.51. The number of aromatic nitrogens is 2. The van der Waals surface area contributed by atoms with E-state index in [0.717, 1.165) is 12.1 Å². The van der Waals surface area contributed by atoms with Crippen LogP contribution in [0.25, 0.3) is 0 Å². The number of nitrogens with two attached hydrogens (primary N) is 1. The molecule has 0 aliphatic heterocycles. The highest BCUT2D eigenvalue weighted by molar-refractivity contribution is 5.59. The second kappa shape index (κ2) is 4.88. The zero-order chi connectivity index (χ0) is 13.1. The quantitative estimate of drug-likeness (QED) is 0.444. The minimum Gasteiger partial charge on any atom is -0.338 e. The normalized spacial score (nSPS) is 10.2. The molecule has 2 aromatic rings. The lowest BCUT2D eigenvalue weighted by atomic mass is 10.3. The molecule has 18 heavy (non-hydrogen) atoms. The van der Waals surface area contributed by atoms with Crippen molar-refractivity contribution in [2.24, 2.45) is 5.84 Å². The van der Waals surface area contributed by atoms with Crippen LogP contribution in [0.4, 0.5) is 30.5 Å². The van der Waals surface area contributed by atoms with Gasteiger partial charge in [-0.3, -0.25) is 0 Å². The van der Waals surface area contributed by atoms with Gasteiger partial charge >= 0.3 is 0 Å². The van der Waals surface area contributed by atoms with Gasteiger partial charge in [0.2, 0.25) is 0 Å². The number of rotatable bonds is 3. The largest absolute Gasteiger partial charge is 0.338 e. The molecule has 8 heteroatoms. The Morgan fingerprint density at radius 3 is 2.44 bits per heavy atom. The maximum absolute atomic E-state index is 13.4. The van der Waals surface area contributed by atoms with Crippen molar-refractivity contribution in [3.63, 3.8) is 0 Å². The number of anilines is 3. The van der Waals surface area contributed by atoms with E-state index in [9.17, 15) is 13.2 Å². The van der Waals surface area contributed by atoms with E-state index in [1.165, 1.54) is 12.4 Å². The molecular weight excluding hydrogens is 247 g/mol. The van der Waals surface area contributed by atoms with Crippen LogP contribution >= 0.6 is 0 Å². The van der Waals surface area contributed by atoms with Crippen molar-refractivity contribution in [2.75, 3.05) is 10.7 Å². The van der Waals surface area contributed by atoms with E-state index in [0.29, 0.717) is 0 Å². The molecular formula is C10H8F3N5. The van der Waals surface area contributed by atoms with Gasteiger partial charge in [-0.05, 0) is 12.1 Å². The van der Waals surface area contributed by atoms with Gasteiger partial charge in [0.1, 0.15) is 18.0 Å². The molecule has 2 rings (SSSR count). The molecule has 0 saturated heterocycles. The predicted octanol–water partition coefficient (Wildman–Crippen LogP) is 1.92. The first kappa shape index (κ1) is 12.1. The van der Waals surface area contributed by atoms with Crippen molar-refractivity contribution in [1.82, 2.24) is 9.97 Å². The number of halogens is 3. The number of nitrogens with one attached hydrogen (secondary N) is 2. The van der Waals surface area contributed by atoms with Gasteiger partial charge in [0.05, 0.1) is 5.69 Å². The van der Waals surface area contributed by atoms with Gasteiger partial charge < -0.3 is 10.7 Å². The van der Waals surface area contributed by atoms with Gasteiger partial charge in [-0.25, -0.2) is 29.0 Å². The third kappa shape index (κ3) is 2.33. The Morgan fingerprint density at radius 2 is 1.72 bits per heavy atom. The second-order valence-electron chi connectivity index (χ2n) is 3.28. The highest BCUT2D eigenvalue weighted by Gasteiger charge is 2.13. The third-order valence-corrected chi connectivity index (χ3v) is 2.11. The van der Waals surface area contributed by atoms with Crippen molar-refractivity contribution >= 4 is 17.3 Å². The van der Waals surface area contributed by atoms with E-state index >= 15 is 0 Å². The molecule has 0 unspecified atom stereocenters. The summed E-state index contributed by atoms with van der Waals surface area (Å²) < 4.78 is 39.1. The molecule has 0 bridgehead atoms. The van der Waals surface area contributed by atoms with Crippen LogP contribution in [-0.4, -0.2) is 9.97 Å². The van der Waals surface area contributed by atoms with Gasteiger partial charge in [-0.1, -0.05) is 0 Å². The van der Waals surface area contributed by atoms with Crippen LogP contribution in [0, 0.1) is 17.5 Å². The SMILES string of the molecule is NNc1cc(Nc2ccc(F)c(F)c2F)ncn1. The summed E-state index contributed by atoms with van der Waals surface area (Å²) >= 11 is 0. The molecule has 5 nitrogen and oxygen atoms in total. The Kier molecular flexibility index (Phi) is 3.28. The number of hydrazine groups is 1. The minimum absolute atomic E-state index is 0.183. The van der Waals surface area contributed by atoms with Crippen LogP contribution < -0.4 is 16.6 Å². The Bertz CT molecular complexity index is 575. The number of benzene rings is 1. The lowest BCUT2D eigenvalue weighted by molar-refractivity contribution is 0.449. The van der Waals surface area contributed by atoms with Crippen LogP contribution in [0.15, 0.2) is 24.5 Å². The van der Waals surface area contributed by atoms with E-state index < -0.39 is 17.5 Å². The molecule has 0 spiro atoms. The molecule has 0 amide bonds. The molecule has 1 aromatic heterocycles. The average molecular weight is 255 g/mol. The zero-order valence-corrected chi connectivity index (χ0v) is 8.92. The molecule has 1 aromatic carbocycles. The number of hydrogen-bond donors (Lipinski definition) is 3. The predicted molar refractivity (Wildman–Crippen MR) is 59.4 cm³/mol. The highest BCUT2D eigenvalue weighted by Crippen LogP contribution is 2.22. The van der Waals surface area contributed by atoms with E-state index in [1.807, 2.05) is 0 Å². The minimum atomic E-state index is -1.55. The summed E-state index contributed by atoms with van der Waals surface area (Å²) in [5.41, 5.74) is 2.03. The topological polar surface area (TPSA) is 75.9 Å². The molecule has 0 aliphatic carbocycles. The first-order valence-electron chi connectivity index (χ1n) is 4.81. The number of nitrogen functional groups attached to an aromatic ring is 1. The van der Waals surface area contributed by atoms with Crippen molar-refractivity contribution < 1.29 is 13.2 Å². The summed E-state index contributed by atoms with van der Waals surface area (Å²) in [5.74, 6) is 1.47. The monoisotopic (exact) mass is 255 g/mol. The maximum atomic E-state index is 13.4. The Hall–Kier alpha value is -2.35. The highest BCUT2D eigenvalue weighted by atomic mass is 19.2. The summed E-state index contributed by atoms with van der Waals surface area (Å²) in [6.07, 6.45) is 1.18. The molecule has 0 saturated carbocycles. The van der Waals surface area contributed by atoms with Crippen molar-refractivity contribution in [1.29, 1.82) is 0 Å². The van der Waals surface area contributed by atoms with Gasteiger partial charge in [0, 0.05) is 6.07 Å². The summed E-state index contributed by atoms with van der Waals surface area (Å²) in [6.45, 7) is 0. The van der Waals surface area contributed by atoms with Crippen molar-refractivity contribution in [3.8, 4) is 0 Å². The zero-order valence-electron chi connectivity index (χ0n) is 8.92. The van der Waals surface area contributed by atoms with Gasteiger partial charge in [-0.2, -0.15) is 0 Å². The standard InChI is InChI=1S/C10H8F3N5/c11-5-1-2-6(10(13)9(5)12)17-7-3-8(18-14)16-4-15-7/h1-4H,14H2,(H2,15,16,17,18). The van der Waals surface area contributed by atoms with E-state index in [1.54, 1.807) is 0 Å². The van der Waals surface area contributed by atoms with Crippen LogP contribution in [-0.2, 0) is 0 Å². The van der Waals surface area contributed by atoms with Crippen LogP contribution in [0.5, 0.6) is 0 Å². The summed E-state index contributed by atoms with van der Waals surface area (Å²) in [5, 5.41) is 2.49. The molecule has 4 N–H and O–H groups in total. The number of hydrogen-bond acceptors (Lipinski definition) is 5. The molecule has 0 fully saturated rings. The molecule has 0 radical (unpaired) electrons. The van der Waals surface area contributed by atoms with Gasteiger partial charge in [0.25, 0.3) is 0 Å². The molecule has 94 valence electrons. The summed E-state index contributed by atoms with van der Waals surface area (Å²) in [6, 6.07) is 3.25. The fourth-order valence-corrected chi connectivity index (χ4v) is 1.27. The van der Waals surface area contributed by atoms with Crippen LogP contribution in [0.1, 0.15) is 0 Å².